The largest absolute Gasteiger partial charge is 0.490 e. The Hall–Kier alpha value is -2.14. The third-order valence-electron chi connectivity index (χ3n) is 4.02. The number of pyridine rings is 1. The SMILES string of the molecule is Cc1c(O[C@H]2C[C@H](c3ccc(F)cc3)C2)ccnc1NN. The molecule has 0 bridgehead atoms. The molecule has 1 fully saturated rings. The van der Waals surface area contributed by atoms with Crippen LogP contribution in [0.2, 0.25) is 0 Å². The van der Waals surface area contributed by atoms with Gasteiger partial charge in [0.1, 0.15) is 17.4 Å². The van der Waals surface area contributed by atoms with Gasteiger partial charge in [-0.3, -0.25) is 0 Å². The fourth-order valence-corrected chi connectivity index (χ4v) is 2.64. The van der Waals surface area contributed by atoms with Gasteiger partial charge in [0.25, 0.3) is 0 Å². The maximum atomic E-state index is 12.9. The first-order valence-electron chi connectivity index (χ1n) is 7.01. The molecule has 21 heavy (non-hydrogen) atoms. The van der Waals surface area contributed by atoms with Crippen molar-refractivity contribution in [3.8, 4) is 5.75 Å². The topological polar surface area (TPSA) is 60.2 Å². The number of hydrogen-bond acceptors (Lipinski definition) is 4. The van der Waals surface area contributed by atoms with E-state index in [1.54, 1.807) is 6.20 Å². The van der Waals surface area contributed by atoms with Crippen LogP contribution < -0.4 is 16.0 Å². The van der Waals surface area contributed by atoms with E-state index in [2.05, 4.69) is 10.4 Å². The average Bonchev–Trinajstić information content (AvgIpc) is 2.45. The van der Waals surface area contributed by atoms with Crippen molar-refractivity contribution in [3.05, 3.63) is 53.5 Å². The van der Waals surface area contributed by atoms with Gasteiger partial charge in [-0.1, -0.05) is 12.1 Å². The number of benzene rings is 1. The van der Waals surface area contributed by atoms with Gasteiger partial charge >= 0.3 is 0 Å². The summed E-state index contributed by atoms with van der Waals surface area (Å²) in [5.74, 6) is 7.10. The van der Waals surface area contributed by atoms with Crippen molar-refractivity contribution in [3.63, 3.8) is 0 Å². The van der Waals surface area contributed by atoms with E-state index < -0.39 is 0 Å². The molecule has 0 radical (unpaired) electrons. The van der Waals surface area contributed by atoms with Crippen LogP contribution >= 0.6 is 0 Å². The van der Waals surface area contributed by atoms with Crippen molar-refractivity contribution in [1.29, 1.82) is 0 Å². The van der Waals surface area contributed by atoms with E-state index in [0.717, 1.165) is 24.2 Å². The minimum absolute atomic E-state index is 0.187. The second-order valence-electron chi connectivity index (χ2n) is 5.39. The minimum Gasteiger partial charge on any atom is -0.490 e. The summed E-state index contributed by atoms with van der Waals surface area (Å²) in [6.45, 7) is 1.92. The standard InChI is InChI=1S/C16H18FN3O/c1-10-15(6-7-19-16(10)20-18)21-14-8-12(9-14)11-2-4-13(17)5-3-11/h2-7,12,14H,8-9,18H2,1H3,(H,19,20)/t12-,14-. The van der Waals surface area contributed by atoms with Crippen LogP contribution in [0.4, 0.5) is 10.2 Å². The van der Waals surface area contributed by atoms with Gasteiger partial charge in [-0.25, -0.2) is 15.2 Å². The molecule has 1 aromatic heterocycles. The fraction of sp³-hybridized carbons (Fsp3) is 0.312. The van der Waals surface area contributed by atoms with Gasteiger partial charge in [-0.2, -0.15) is 0 Å². The highest BCUT2D eigenvalue weighted by molar-refractivity contribution is 5.49. The maximum Gasteiger partial charge on any atom is 0.146 e. The molecular formula is C16H18FN3O. The van der Waals surface area contributed by atoms with E-state index in [1.807, 2.05) is 25.1 Å². The van der Waals surface area contributed by atoms with Crippen molar-refractivity contribution in [2.24, 2.45) is 5.84 Å². The Bertz CT molecular complexity index is 624. The number of halogens is 1. The van der Waals surface area contributed by atoms with Crippen LogP contribution in [0.25, 0.3) is 0 Å². The van der Waals surface area contributed by atoms with Crippen molar-refractivity contribution in [2.75, 3.05) is 5.43 Å². The Morgan fingerprint density at radius 2 is 1.95 bits per heavy atom. The molecule has 0 spiro atoms. The molecular weight excluding hydrogens is 269 g/mol. The molecule has 5 heteroatoms. The summed E-state index contributed by atoms with van der Waals surface area (Å²) in [4.78, 5) is 4.13. The van der Waals surface area contributed by atoms with Crippen LogP contribution in [-0.2, 0) is 0 Å². The lowest BCUT2D eigenvalue weighted by atomic mass is 9.77. The summed E-state index contributed by atoms with van der Waals surface area (Å²) in [6.07, 6.45) is 3.75. The lowest BCUT2D eigenvalue weighted by Gasteiger charge is -2.36. The van der Waals surface area contributed by atoms with Crippen LogP contribution in [0.15, 0.2) is 36.5 Å². The highest BCUT2D eigenvalue weighted by Crippen LogP contribution is 2.40. The molecule has 1 aliphatic rings. The van der Waals surface area contributed by atoms with Gasteiger partial charge in [-0.15, -0.1) is 0 Å². The van der Waals surface area contributed by atoms with E-state index in [0.29, 0.717) is 11.7 Å². The number of nitrogen functional groups attached to an aromatic ring is 1. The molecule has 0 unspecified atom stereocenters. The summed E-state index contributed by atoms with van der Waals surface area (Å²) in [7, 11) is 0. The van der Waals surface area contributed by atoms with E-state index in [4.69, 9.17) is 10.6 Å². The summed E-state index contributed by atoms with van der Waals surface area (Å²) in [5, 5.41) is 0. The summed E-state index contributed by atoms with van der Waals surface area (Å²) in [5.41, 5.74) is 4.64. The number of anilines is 1. The van der Waals surface area contributed by atoms with Gasteiger partial charge < -0.3 is 10.2 Å². The lowest BCUT2D eigenvalue weighted by molar-refractivity contribution is 0.0977. The maximum absolute atomic E-state index is 12.9. The third kappa shape index (κ3) is 2.83. The molecule has 0 atom stereocenters. The number of nitrogens with one attached hydrogen (secondary N) is 1. The molecule has 110 valence electrons. The molecule has 0 aliphatic heterocycles. The first-order valence-corrected chi connectivity index (χ1v) is 7.01. The summed E-state index contributed by atoms with van der Waals surface area (Å²) in [6, 6.07) is 8.57. The highest BCUT2D eigenvalue weighted by atomic mass is 19.1. The number of ether oxygens (including phenoxy) is 1. The summed E-state index contributed by atoms with van der Waals surface area (Å²) >= 11 is 0. The fourth-order valence-electron chi connectivity index (χ4n) is 2.64. The van der Waals surface area contributed by atoms with E-state index in [1.165, 1.54) is 17.7 Å². The van der Waals surface area contributed by atoms with Gasteiger partial charge in [0.2, 0.25) is 0 Å². The number of aromatic nitrogens is 1. The second kappa shape index (κ2) is 5.69. The highest BCUT2D eigenvalue weighted by Gasteiger charge is 2.32. The van der Waals surface area contributed by atoms with Crippen LogP contribution in [0.5, 0.6) is 5.75 Å². The Balaban J connectivity index is 1.61. The van der Waals surface area contributed by atoms with Crippen molar-refractivity contribution >= 4 is 5.82 Å². The van der Waals surface area contributed by atoms with Crippen LogP contribution in [0.3, 0.4) is 0 Å². The predicted octanol–water partition coefficient (Wildman–Crippen LogP) is 3.14. The first-order chi connectivity index (χ1) is 10.2. The van der Waals surface area contributed by atoms with Crippen molar-refractivity contribution in [2.45, 2.75) is 31.8 Å². The minimum atomic E-state index is -0.194. The molecule has 1 aromatic carbocycles. The van der Waals surface area contributed by atoms with Crippen LogP contribution in [0.1, 0.15) is 29.9 Å². The monoisotopic (exact) mass is 287 g/mol. The smallest absolute Gasteiger partial charge is 0.146 e. The molecule has 4 nitrogen and oxygen atoms in total. The molecule has 3 N–H and O–H groups in total. The van der Waals surface area contributed by atoms with Gasteiger partial charge in [0, 0.05) is 11.8 Å². The van der Waals surface area contributed by atoms with Gasteiger partial charge in [-0.05, 0) is 49.4 Å². The average molecular weight is 287 g/mol. The Labute approximate surface area is 123 Å². The van der Waals surface area contributed by atoms with Crippen molar-refractivity contribution in [1.82, 2.24) is 4.98 Å². The molecule has 0 amide bonds. The van der Waals surface area contributed by atoms with Crippen LogP contribution in [-0.4, -0.2) is 11.1 Å². The molecule has 3 rings (SSSR count). The quantitative estimate of drug-likeness (QED) is 0.670. The van der Waals surface area contributed by atoms with Gasteiger partial charge in [0.15, 0.2) is 0 Å². The summed E-state index contributed by atoms with van der Waals surface area (Å²) < 4.78 is 18.9. The normalized spacial score (nSPS) is 20.7. The second-order valence-corrected chi connectivity index (χ2v) is 5.39. The number of hydrogen-bond donors (Lipinski definition) is 2. The van der Waals surface area contributed by atoms with E-state index in [9.17, 15) is 4.39 Å². The molecule has 1 saturated carbocycles. The number of nitrogens with zero attached hydrogens (tertiary/aromatic N) is 1. The predicted molar refractivity (Wildman–Crippen MR) is 79.6 cm³/mol. The molecule has 2 aromatic rings. The lowest BCUT2D eigenvalue weighted by Crippen LogP contribution is -2.32. The zero-order valence-corrected chi connectivity index (χ0v) is 11.8. The third-order valence-corrected chi connectivity index (χ3v) is 4.02. The molecule has 0 saturated heterocycles. The Kier molecular flexibility index (Phi) is 3.75. The van der Waals surface area contributed by atoms with Crippen LogP contribution in [0, 0.1) is 12.7 Å². The zero-order chi connectivity index (χ0) is 14.8. The molecule has 1 aliphatic carbocycles. The van der Waals surface area contributed by atoms with E-state index in [-0.39, 0.29) is 11.9 Å². The van der Waals surface area contributed by atoms with Crippen molar-refractivity contribution < 1.29 is 9.13 Å². The Morgan fingerprint density at radius 3 is 2.62 bits per heavy atom. The Morgan fingerprint density at radius 1 is 1.24 bits per heavy atom. The number of rotatable bonds is 4. The molecule has 1 heterocycles. The van der Waals surface area contributed by atoms with E-state index >= 15 is 0 Å². The number of nitrogens with two attached hydrogens (primary N) is 1. The van der Waals surface area contributed by atoms with Gasteiger partial charge in [0.05, 0.1) is 6.10 Å². The zero-order valence-electron chi connectivity index (χ0n) is 11.8. The number of hydrazine groups is 1. The first kappa shape index (κ1) is 13.8.